The van der Waals surface area contributed by atoms with E-state index in [4.69, 9.17) is 18.9 Å². The molecule has 0 spiro atoms. The first-order valence-electron chi connectivity index (χ1n) is 14.8. The molecule has 250 valence electrons. The summed E-state index contributed by atoms with van der Waals surface area (Å²) in [6, 6.07) is 0. The third-order valence-electron chi connectivity index (χ3n) is 6.14. The molecule has 0 aliphatic rings. The van der Waals surface area contributed by atoms with Crippen molar-refractivity contribution in [3.8, 4) is 0 Å². The maximum Gasteiger partial charge on any atom is 0.306 e. The van der Waals surface area contributed by atoms with E-state index in [1.54, 1.807) is 0 Å². The van der Waals surface area contributed by atoms with Crippen molar-refractivity contribution in [1.82, 2.24) is 9.80 Å². The molecule has 0 aromatic heterocycles. The molecule has 0 atom stereocenters. The molecule has 14 heteroatoms. The van der Waals surface area contributed by atoms with Gasteiger partial charge in [-0.25, -0.2) is 0 Å². The summed E-state index contributed by atoms with van der Waals surface area (Å²) < 4.78 is 20.9. The third-order valence-corrected chi connectivity index (χ3v) is 6.14. The summed E-state index contributed by atoms with van der Waals surface area (Å²) in [6.45, 7) is 7.71. The lowest BCUT2D eigenvalue weighted by molar-refractivity contribution is -0.147. The van der Waals surface area contributed by atoms with Crippen LogP contribution < -0.4 is 0 Å². The van der Waals surface area contributed by atoms with Crippen LogP contribution in [0, 0.1) is 0 Å². The van der Waals surface area contributed by atoms with Crippen LogP contribution in [0.1, 0.15) is 79.1 Å². The standard InChI is InChI=1S/C30H48N2O12/c1-23(33)5-9-27(37)41-19-15-31(16-20-42-28(38)10-6-24(2)34)13-14-32(17-21-43-29(39)11-7-25(3)35)18-22-44-30(40)12-8-26(4)36/h5-22H2,1-4H3. The van der Waals surface area contributed by atoms with Crippen LogP contribution in [0.2, 0.25) is 0 Å². The van der Waals surface area contributed by atoms with Gasteiger partial charge in [0, 0.05) is 65.0 Å². The third kappa shape index (κ3) is 26.1. The summed E-state index contributed by atoms with van der Waals surface area (Å²) in [4.78, 5) is 95.9. The van der Waals surface area contributed by atoms with Crippen molar-refractivity contribution in [3.05, 3.63) is 0 Å². The largest absolute Gasteiger partial charge is 0.464 e. The minimum Gasteiger partial charge on any atom is -0.464 e. The van der Waals surface area contributed by atoms with E-state index in [1.807, 2.05) is 9.80 Å². The average molecular weight is 629 g/mol. The Kier molecular flexibility index (Phi) is 22.9. The summed E-state index contributed by atoms with van der Waals surface area (Å²) in [5, 5.41) is 0. The molecule has 0 aromatic rings. The first kappa shape index (κ1) is 40.5. The Bertz CT molecular complexity index is 818. The number of hydrogen-bond acceptors (Lipinski definition) is 14. The highest BCUT2D eigenvalue weighted by molar-refractivity contribution is 5.82. The number of rotatable bonds is 27. The van der Waals surface area contributed by atoms with Crippen LogP contribution >= 0.6 is 0 Å². The van der Waals surface area contributed by atoms with Crippen LogP contribution in [0.5, 0.6) is 0 Å². The average Bonchev–Trinajstić information content (AvgIpc) is 2.94. The van der Waals surface area contributed by atoms with E-state index >= 15 is 0 Å². The molecule has 14 nitrogen and oxygen atoms in total. The van der Waals surface area contributed by atoms with E-state index in [0.29, 0.717) is 39.3 Å². The van der Waals surface area contributed by atoms with E-state index in [9.17, 15) is 38.4 Å². The molecule has 0 unspecified atom stereocenters. The van der Waals surface area contributed by atoms with Crippen molar-refractivity contribution in [2.75, 3.05) is 65.7 Å². The van der Waals surface area contributed by atoms with Crippen molar-refractivity contribution in [2.24, 2.45) is 0 Å². The van der Waals surface area contributed by atoms with E-state index in [-0.39, 0.29) is 101 Å². The van der Waals surface area contributed by atoms with Gasteiger partial charge in [-0.1, -0.05) is 0 Å². The molecule has 0 aromatic carbocycles. The minimum absolute atomic E-state index is 0.0207. The van der Waals surface area contributed by atoms with Gasteiger partial charge in [0.05, 0.1) is 25.7 Å². The van der Waals surface area contributed by atoms with Gasteiger partial charge in [-0.15, -0.1) is 0 Å². The Labute approximate surface area is 259 Å². The molecule has 0 bridgehead atoms. The van der Waals surface area contributed by atoms with Gasteiger partial charge in [-0.3, -0.25) is 29.0 Å². The zero-order chi connectivity index (χ0) is 33.3. The lowest BCUT2D eigenvalue weighted by atomic mass is 10.2. The van der Waals surface area contributed by atoms with E-state index in [0.717, 1.165) is 0 Å². The molecule has 0 aliphatic carbocycles. The molecular formula is C30H48N2O12. The molecule has 0 saturated heterocycles. The van der Waals surface area contributed by atoms with Crippen LogP contribution in [0.3, 0.4) is 0 Å². The summed E-state index contributed by atoms with van der Waals surface area (Å²) in [5.41, 5.74) is 0. The monoisotopic (exact) mass is 628 g/mol. The quantitative estimate of drug-likeness (QED) is 0.0936. The highest BCUT2D eigenvalue weighted by atomic mass is 16.5. The van der Waals surface area contributed by atoms with Gasteiger partial charge in [-0.2, -0.15) is 0 Å². The molecule has 0 saturated carbocycles. The van der Waals surface area contributed by atoms with E-state index in [2.05, 4.69) is 0 Å². The fraction of sp³-hybridized carbons (Fsp3) is 0.733. The van der Waals surface area contributed by atoms with Gasteiger partial charge in [0.15, 0.2) is 0 Å². The number of Topliss-reactive ketones (excluding diaryl/α,β-unsaturated/α-hetero) is 4. The smallest absolute Gasteiger partial charge is 0.306 e. The number of hydrogen-bond donors (Lipinski definition) is 0. The van der Waals surface area contributed by atoms with Gasteiger partial charge in [-0.05, 0) is 27.7 Å². The maximum absolute atomic E-state index is 11.9. The normalized spacial score (nSPS) is 10.8. The molecule has 0 aliphatic heterocycles. The topological polar surface area (TPSA) is 180 Å². The fourth-order valence-electron chi connectivity index (χ4n) is 3.51. The molecule has 44 heavy (non-hydrogen) atoms. The number of nitrogens with zero attached hydrogens (tertiary/aromatic N) is 2. The summed E-state index contributed by atoms with van der Waals surface area (Å²) in [6.07, 6.45) is 0.276. The first-order chi connectivity index (χ1) is 20.8. The van der Waals surface area contributed by atoms with Crippen molar-refractivity contribution in [2.45, 2.75) is 79.1 Å². The van der Waals surface area contributed by atoms with Crippen molar-refractivity contribution in [3.63, 3.8) is 0 Å². The maximum atomic E-state index is 11.9. The number of carbonyl (C=O) groups excluding carboxylic acids is 8. The zero-order valence-electron chi connectivity index (χ0n) is 26.5. The Morgan fingerprint density at radius 3 is 0.727 bits per heavy atom. The second kappa shape index (κ2) is 24.9. The van der Waals surface area contributed by atoms with E-state index in [1.165, 1.54) is 27.7 Å². The number of ether oxygens (including phenoxy) is 4. The van der Waals surface area contributed by atoms with E-state index < -0.39 is 23.9 Å². The highest BCUT2D eigenvalue weighted by Crippen LogP contribution is 2.01. The minimum atomic E-state index is -0.504. The van der Waals surface area contributed by atoms with Crippen molar-refractivity contribution < 1.29 is 57.3 Å². The summed E-state index contributed by atoms with van der Waals surface area (Å²) in [5.74, 6) is -2.50. The van der Waals surface area contributed by atoms with Crippen LogP contribution in [0.4, 0.5) is 0 Å². The number of esters is 4. The van der Waals surface area contributed by atoms with Crippen LogP contribution in [-0.4, -0.2) is 123 Å². The van der Waals surface area contributed by atoms with Crippen LogP contribution in [0.15, 0.2) is 0 Å². The predicted molar refractivity (Wildman–Crippen MR) is 156 cm³/mol. The molecule has 0 amide bonds. The SMILES string of the molecule is CC(=O)CCC(=O)OCCN(CCOC(=O)CCC(C)=O)CCN(CCOC(=O)CCC(C)=O)CCOC(=O)CCC(C)=O. The molecule has 0 radical (unpaired) electrons. The Morgan fingerprint density at radius 2 is 0.545 bits per heavy atom. The molecule has 0 fully saturated rings. The second-order valence-corrected chi connectivity index (χ2v) is 10.4. The van der Waals surface area contributed by atoms with Gasteiger partial charge < -0.3 is 38.1 Å². The highest BCUT2D eigenvalue weighted by Gasteiger charge is 2.15. The Hall–Kier alpha value is -3.52. The molecule has 0 heterocycles. The van der Waals surface area contributed by atoms with Gasteiger partial charge in [0.1, 0.15) is 49.6 Å². The van der Waals surface area contributed by atoms with Crippen molar-refractivity contribution in [1.29, 1.82) is 0 Å². The lowest BCUT2D eigenvalue weighted by Crippen LogP contribution is -2.41. The fourth-order valence-corrected chi connectivity index (χ4v) is 3.51. The zero-order valence-corrected chi connectivity index (χ0v) is 26.5. The Morgan fingerprint density at radius 1 is 0.341 bits per heavy atom. The number of carbonyl (C=O) groups is 8. The van der Waals surface area contributed by atoms with Crippen molar-refractivity contribution >= 4 is 47.0 Å². The van der Waals surface area contributed by atoms with Gasteiger partial charge >= 0.3 is 23.9 Å². The molecule has 0 rings (SSSR count). The van der Waals surface area contributed by atoms with Gasteiger partial charge in [0.2, 0.25) is 0 Å². The lowest BCUT2D eigenvalue weighted by Gasteiger charge is -2.27. The first-order valence-corrected chi connectivity index (χ1v) is 14.8. The second-order valence-electron chi connectivity index (χ2n) is 10.4. The van der Waals surface area contributed by atoms with Gasteiger partial charge in [0.25, 0.3) is 0 Å². The number of ketones is 4. The van der Waals surface area contributed by atoms with Crippen LogP contribution in [0.25, 0.3) is 0 Å². The van der Waals surface area contributed by atoms with Crippen LogP contribution in [-0.2, 0) is 57.3 Å². The summed E-state index contributed by atoms with van der Waals surface area (Å²) >= 11 is 0. The summed E-state index contributed by atoms with van der Waals surface area (Å²) in [7, 11) is 0. The Balaban J connectivity index is 5.15. The predicted octanol–water partition coefficient (Wildman–Crippen LogP) is 1.24. The molecular weight excluding hydrogens is 580 g/mol. The molecule has 0 N–H and O–H groups in total.